The second-order valence-electron chi connectivity index (χ2n) is 6.05. The first-order valence-electron chi connectivity index (χ1n) is 7.58. The molecular formula is C12H20O14S. The zero-order valence-corrected chi connectivity index (χ0v) is 14.5. The zero-order chi connectivity index (χ0) is 20.7. The third-order valence-electron chi connectivity index (χ3n) is 4.11. The fourth-order valence-electron chi connectivity index (χ4n) is 2.76. The quantitative estimate of drug-likeness (QED) is 0.208. The molecule has 0 amide bonds. The minimum Gasteiger partial charge on any atom is -0.479 e. The molecule has 0 radical (unpaired) electrons. The van der Waals surface area contributed by atoms with Crippen molar-refractivity contribution in [2.24, 2.45) is 0 Å². The maximum atomic E-state index is 11.1. The van der Waals surface area contributed by atoms with E-state index in [0.29, 0.717) is 0 Å². The average molecular weight is 420 g/mol. The maximum Gasteiger partial charge on any atom is 0.397 e. The number of aliphatic hydroxyl groups is 5. The highest BCUT2D eigenvalue weighted by Gasteiger charge is 2.52. The number of hydrogen-bond donors (Lipinski definition) is 7. The minimum atomic E-state index is -5.13. The number of rotatable bonds is 5. The van der Waals surface area contributed by atoms with Crippen LogP contribution in [-0.4, -0.2) is 111 Å². The highest BCUT2D eigenvalue weighted by atomic mass is 32.3. The number of aliphatic carboxylic acids is 1. The number of carboxylic acids is 1. The highest BCUT2D eigenvalue weighted by molar-refractivity contribution is 7.80. The van der Waals surface area contributed by atoms with Crippen LogP contribution in [0.5, 0.6) is 0 Å². The van der Waals surface area contributed by atoms with Gasteiger partial charge in [-0.2, -0.15) is 8.42 Å². The second-order valence-corrected chi connectivity index (χ2v) is 7.09. The van der Waals surface area contributed by atoms with Crippen LogP contribution >= 0.6 is 0 Å². The van der Waals surface area contributed by atoms with Crippen molar-refractivity contribution in [2.75, 3.05) is 0 Å². The molecule has 0 saturated carbocycles. The molecule has 10 atom stereocenters. The van der Waals surface area contributed by atoms with E-state index < -0.39 is 77.8 Å². The van der Waals surface area contributed by atoms with E-state index in [9.17, 15) is 38.7 Å². The fourth-order valence-corrected chi connectivity index (χ4v) is 3.27. The van der Waals surface area contributed by atoms with E-state index in [-0.39, 0.29) is 0 Å². The SMILES string of the molecule is C[C@@H]1O[C@@H](O)[C@H](O)[C@H](OS(=O)(=O)O)[C@H]1O[C@@H]1O[C@H](C(=O)O)[C@@H](O)[C@H](O)[C@H]1O. The third-order valence-corrected chi connectivity index (χ3v) is 4.57. The minimum absolute atomic E-state index is 1.21. The molecule has 0 unspecified atom stereocenters. The molecule has 158 valence electrons. The van der Waals surface area contributed by atoms with E-state index in [1.807, 2.05) is 0 Å². The fraction of sp³-hybridized carbons (Fsp3) is 0.917. The number of ether oxygens (including phenoxy) is 3. The molecule has 0 aromatic heterocycles. The summed E-state index contributed by atoms with van der Waals surface area (Å²) in [6.07, 6.45) is -18.6. The van der Waals surface area contributed by atoms with Gasteiger partial charge in [-0.1, -0.05) is 0 Å². The van der Waals surface area contributed by atoms with Crippen LogP contribution in [0.3, 0.4) is 0 Å². The van der Waals surface area contributed by atoms with E-state index in [4.69, 9.17) is 23.9 Å². The lowest BCUT2D eigenvalue weighted by molar-refractivity contribution is -0.344. The average Bonchev–Trinajstić information content (AvgIpc) is 2.54. The summed E-state index contributed by atoms with van der Waals surface area (Å²) in [5.41, 5.74) is 0. The van der Waals surface area contributed by atoms with E-state index in [1.165, 1.54) is 6.92 Å². The van der Waals surface area contributed by atoms with Gasteiger partial charge in [-0.15, -0.1) is 0 Å². The Morgan fingerprint density at radius 1 is 0.926 bits per heavy atom. The summed E-state index contributed by atoms with van der Waals surface area (Å²) in [7, 11) is -5.13. The van der Waals surface area contributed by atoms with Gasteiger partial charge in [0.15, 0.2) is 18.7 Å². The van der Waals surface area contributed by atoms with Gasteiger partial charge >= 0.3 is 16.4 Å². The second kappa shape index (κ2) is 8.18. The normalized spacial score (nSPS) is 46.2. The number of carbonyl (C=O) groups is 1. The largest absolute Gasteiger partial charge is 0.479 e. The smallest absolute Gasteiger partial charge is 0.397 e. The van der Waals surface area contributed by atoms with Crippen LogP contribution in [0.25, 0.3) is 0 Å². The van der Waals surface area contributed by atoms with Crippen LogP contribution in [0.1, 0.15) is 6.92 Å². The molecule has 0 aromatic carbocycles. The molecule has 2 rings (SSSR count). The molecule has 27 heavy (non-hydrogen) atoms. The summed E-state index contributed by atoms with van der Waals surface area (Å²) in [6.45, 7) is 1.25. The summed E-state index contributed by atoms with van der Waals surface area (Å²) in [5.74, 6) is -1.68. The first kappa shape index (κ1) is 22.3. The van der Waals surface area contributed by atoms with Gasteiger partial charge in [-0.05, 0) is 6.92 Å². The van der Waals surface area contributed by atoms with Crippen LogP contribution < -0.4 is 0 Å². The molecule has 0 aromatic rings. The van der Waals surface area contributed by atoms with Crippen molar-refractivity contribution in [2.45, 2.75) is 68.3 Å². The molecular weight excluding hydrogens is 400 g/mol. The van der Waals surface area contributed by atoms with Crippen molar-refractivity contribution < 1.29 is 66.8 Å². The van der Waals surface area contributed by atoms with Crippen LogP contribution in [0.4, 0.5) is 0 Å². The molecule has 2 aliphatic rings. The molecule has 2 saturated heterocycles. The van der Waals surface area contributed by atoms with Gasteiger partial charge in [0.05, 0.1) is 6.10 Å². The van der Waals surface area contributed by atoms with Crippen molar-refractivity contribution in [3.8, 4) is 0 Å². The van der Waals surface area contributed by atoms with Gasteiger partial charge in [0, 0.05) is 0 Å². The van der Waals surface area contributed by atoms with Crippen molar-refractivity contribution in [3.63, 3.8) is 0 Å². The standard InChI is InChI=1S/C12H20O14S/c1-2-7(8(26-27(20,21)22)6(16)11(19)23-2)24-12-5(15)3(13)4(14)9(25-12)10(17)18/h2-9,11-16,19H,1H3,(H,17,18)(H,20,21,22)/t2-,3-,4-,5+,6+,7-,8-,9-,11+,12+/m0/s1. The first-order chi connectivity index (χ1) is 12.3. The van der Waals surface area contributed by atoms with Gasteiger partial charge < -0.3 is 44.8 Å². The number of carboxylic acid groups (broad SMARTS) is 1. The lowest BCUT2D eigenvalue weighted by Crippen LogP contribution is -2.64. The Labute approximate surface area is 152 Å². The molecule has 14 nitrogen and oxygen atoms in total. The van der Waals surface area contributed by atoms with Gasteiger partial charge in [0.25, 0.3) is 0 Å². The lowest BCUT2D eigenvalue weighted by atomic mass is 9.97. The third kappa shape index (κ3) is 4.90. The van der Waals surface area contributed by atoms with Crippen LogP contribution in [0.15, 0.2) is 0 Å². The van der Waals surface area contributed by atoms with Crippen molar-refractivity contribution in [1.29, 1.82) is 0 Å². The first-order valence-corrected chi connectivity index (χ1v) is 8.95. The van der Waals surface area contributed by atoms with E-state index in [2.05, 4.69) is 4.18 Å². The van der Waals surface area contributed by atoms with Crippen LogP contribution in [0.2, 0.25) is 0 Å². The summed E-state index contributed by atoms with van der Waals surface area (Å²) in [4.78, 5) is 11.1. The van der Waals surface area contributed by atoms with E-state index >= 15 is 0 Å². The monoisotopic (exact) mass is 420 g/mol. The maximum absolute atomic E-state index is 11.1. The predicted octanol–water partition coefficient (Wildman–Crippen LogP) is -4.45. The molecule has 0 spiro atoms. The highest BCUT2D eigenvalue weighted by Crippen LogP contribution is 2.30. The summed E-state index contributed by atoms with van der Waals surface area (Å²) in [5, 5.41) is 57.8. The summed E-state index contributed by atoms with van der Waals surface area (Å²) < 4.78 is 50.2. The van der Waals surface area contributed by atoms with Gasteiger partial charge in [-0.25, -0.2) is 8.98 Å². The number of hydrogen-bond acceptors (Lipinski definition) is 12. The van der Waals surface area contributed by atoms with Gasteiger partial charge in [0.1, 0.15) is 36.6 Å². The summed E-state index contributed by atoms with van der Waals surface area (Å²) >= 11 is 0. The van der Waals surface area contributed by atoms with Gasteiger partial charge in [-0.3, -0.25) is 4.55 Å². The molecule has 0 aliphatic carbocycles. The molecule has 2 fully saturated rings. The van der Waals surface area contributed by atoms with Crippen LogP contribution in [-0.2, 0) is 33.6 Å². The predicted molar refractivity (Wildman–Crippen MR) is 78.2 cm³/mol. The Morgan fingerprint density at radius 3 is 2.04 bits per heavy atom. The van der Waals surface area contributed by atoms with E-state index in [1.54, 1.807) is 0 Å². The van der Waals surface area contributed by atoms with Gasteiger partial charge in [0.2, 0.25) is 0 Å². The van der Waals surface area contributed by atoms with E-state index in [0.717, 1.165) is 0 Å². The Bertz CT molecular complexity index is 638. The summed E-state index contributed by atoms with van der Waals surface area (Å²) in [6, 6.07) is 0. The molecule has 2 aliphatic heterocycles. The van der Waals surface area contributed by atoms with Crippen LogP contribution in [0, 0.1) is 0 Å². The Balaban J connectivity index is 2.26. The number of aliphatic hydroxyl groups excluding tert-OH is 5. The topological polar surface area (TPSA) is 230 Å². The molecule has 7 N–H and O–H groups in total. The Hall–Kier alpha value is -0.980. The lowest BCUT2D eigenvalue weighted by Gasteiger charge is -2.45. The molecule has 15 heteroatoms. The molecule has 0 bridgehead atoms. The Morgan fingerprint density at radius 2 is 1.52 bits per heavy atom. The molecule has 2 heterocycles. The Kier molecular flexibility index (Phi) is 6.76. The van der Waals surface area contributed by atoms with Crippen molar-refractivity contribution >= 4 is 16.4 Å². The van der Waals surface area contributed by atoms with Crippen molar-refractivity contribution in [1.82, 2.24) is 0 Å². The zero-order valence-electron chi connectivity index (χ0n) is 13.7. The van der Waals surface area contributed by atoms with Crippen molar-refractivity contribution in [3.05, 3.63) is 0 Å².